The van der Waals surface area contributed by atoms with Crippen molar-refractivity contribution in [3.05, 3.63) is 59.3 Å². The SMILES string of the molecule is CC(C)(O)C#Cc1ccc(C(=O)N(CCO)Cc2ccc(F)cc2)o1. The predicted molar refractivity (Wildman–Crippen MR) is 90.1 cm³/mol. The molecule has 1 aromatic heterocycles. The number of rotatable bonds is 5. The Morgan fingerprint density at radius 2 is 1.92 bits per heavy atom. The van der Waals surface area contributed by atoms with E-state index in [1.54, 1.807) is 32.0 Å². The van der Waals surface area contributed by atoms with Crippen LogP contribution in [0, 0.1) is 17.7 Å². The second-order valence-electron chi connectivity index (χ2n) is 6.05. The van der Waals surface area contributed by atoms with E-state index in [-0.39, 0.29) is 37.0 Å². The van der Waals surface area contributed by atoms with Gasteiger partial charge in [0.1, 0.15) is 11.4 Å². The third-order valence-electron chi connectivity index (χ3n) is 3.25. The summed E-state index contributed by atoms with van der Waals surface area (Å²) in [5.41, 5.74) is -0.431. The average Bonchev–Trinajstić information content (AvgIpc) is 3.02. The number of hydrogen-bond donors (Lipinski definition) is 2. The van der Waals surface area contributed by atoms with Crippen LogP contribution in [0.1, 0.15) is 35.7 Å². The van der Waals surface area contributed by atoms with Gasteiger partial charge in [-0.3, -0.25) is 4.79 Å². The molecule has 0 unspecified atom stereocenters. The van der Waals surface area contributed by atoms with E-state index in [1.807, 2.05) is 0 Å². The van der Waals surface area contributed by atoms with Gasteiger partial charge in [-0.05, 0) is 49.6 Å². The number of hydrogen-bond acceptors (Lipinski definition) is 4. The number of nitrogens with zero attached hydrogens (tertiary/aromatic N) is 1. The Morgan fingerprint density at radius 3 is 2.52 bits per heavy atom. The number of furan rings is 1. The minimum atomic E-state index is -1.16. The standard InChI is InChI=1S/C19H20FNO4/c1-19(2,24)10-9-16-7-8-17(25-16)18(23)21(11-12-22)13-14-3-5-15(20)6-4-14/h3-8,22,24H,11-13H2,1-2H3. The predicted octanol–water partition coefficient (Wildman–Crippen LogP) is 2.18. The van der Waals surface area contributed by atoms with Gasteiger partial charge in [0.05, 0.1) is 6.61 Å². The zero-order chi connectivity index (χ0) is 18.4. The normalized spacial score (nSPS) is 10.9. The number of halogens is 1. The van der Waals surface area contributed by atoms with Crippen LogP contribution < -0.4 is 0 Å². The van der Waals surface area contributed by atoms with E-state index in [4.69, 9.17) is 4.42 Å². The maximum absolute atomic E-state index is 13.0. The molecular formula is C19H20FNO4. The summed E-state index contributed by atoms with van der Waals surface area (Å²) in [6, 6.07) is 8.82. The molecule has 5 nitrogen and oxygen atoms in total. The van der Waals surface area contributed by atoms with E-state index in [0.717, 1.165) is 5.56 Å². The number of carbonyl (C=O) groups is 1. The Balaban J connectivity index is 2.15. The zero-order valence-corrected chi connectivity index (χ0v) is 14.1. The van der Waals surface area contributed by atoms with Crippen LogP contribution >= 0.6 is 0 Å². The van der Waals surface area contributed by atoms with Crippen LogP contribution in [0.4, 0.5) is 4.39 Å². The first-order valence-electron chi connectivity index (χ1n) is 7.78. The molecule has 6 heteroatoms. The molecule has 0 aliphatic carbocycles. The highest BCUT2D eigenvalue weighted by atomic mass is 19.1. The molecule has 132 valence electrons. The van der Waals surface area contributed by atoms with Crippen LogP contribution in [0.5, 0.6) is 0 Å². The second-order valence-corrected chi connectivity index (χ2v) is 6.05. The summed E-state index contributed by atoms with van der Waals surface area (Å²) in [6.45, 7) is 3.20. The second kappa shape index (κ2) is 7.97. The third-order valence-corrected chi connectivity index (χ3v) is 3.25. The summed E-state index contributed by atoms with van der Waals surface area (Å²) in [5, 5.41) is 18.8. The Hall–Kier alpha value is -2.62. The smallest absolute Gasteiger partial charge is 0.289 e. The summed E-state index contributed by atoms with van der Waals surface area (Å²) in [7, 11) is 0. The van der Waals surface area contributed by atoms with E-state index >= 15 is 0 Å². The van der Waals surface area contributed by atoms with Gasteiger partial charge in [0.2, 0.25) is 0 Å². The first kappa shape index (κ1) is 18.7. The van der Waals surface area contributed by atoms with E-state index in [2.05, 4.69) is 11.8 Å². The summed E-state index contributed by atoms with van der Waals surface area (Å²) < 4.78 is 18.4. The topological polar surface area (TPSA) is 73.9 Å². The maximum atomic E-state index is 13.0. The molecule has 0 saturated carbocycles. The van der Waals surface area contributed by atoms with Crippen molar-refractivity contribution in [2.24, 2.45) is 0 Å². The van der Waals surface area contributed by atoms with Gasteiger partial charge in [0.15, 0.2) is 11.5 Å². The molecule has 2 N–H and O–H groups in total. The highest BCUT2D eigenvalue weighted by molar-refractivity contribution is 5.91. The molecule has 25 heavy (non-hydrogen) atoms. The Labute approximate surface area is 145 Å². The van der Waals surface area contributed by atoms with Crippen molar-refractivity contribution in [3.8, 4) is 11.8 Å². The molecule has 0 spiro atoms. The van der Waals surface area contributed by atoms with Crippen LogP contribution in [0.3, 0.4) is 0 Å². The summed E-state index contributed by atoms with van der Waals surface area (Å²) >= 11 is 0. The van der Waals surface area contributed by atoms with Crippen molar-refractivity contribution in [2.45, 2.75) is 26.0 Å². The van der Waals surface area contributed by atoms with Gasteiger partial charge in [0.25, 0.3) is 5.91 Å². The van der Waals surface area contributed by atoms with Crippen LogP contribution in [-0.2, 0) is 6.54 Å². The van der Waals surface area contributed by atoms with Gasteiger partial charge in [0, 0.05) is 13.1 Å². The molecule has 0 aliphatic heterocycles. The lowest BCUT2D eigenvalue weighted by Gasteiger charge is -2.20. The fraction of sp³-hybridized carbons (Fsp3) is 0.316. The fourth-order valence-electron chi connectivity index (χ4n) is 2.07. The van der Waals surface area contributed by atoms with Crippen LogP contribution in [0.15, 0.2) is 40.8 Å². The lowest BCUT2D eigenvalue weighted by molar-refractivity contribution is 0.0675. The molecular weight excluding hydrogens is 325 g/mol. The van der Waals surface area contributed by atoms with E-state index in [1.165, 1.54) is 23.1 Å². The zero-order valence-electron chi connectivity index (χ0n) is 14.1. The molecule has 0 fully saturated rings. The molecule has 2 rings (SSSR count). The lowest BCUT2D eigenvalue weighted by Crippen LogP contribution is -2.32. The van der Waals surface area contributed by atoms with Gasteiger partial charge in [-0.25, -0.2) is 4.39 Å². The molecule has 1 amide bonds. The Morgan fingerprint density at radius 1 is 1.24 bits per heavy atom. The van der Waals surface area contributed by atoms with Crippen LogP contribution in [0.2, 0.25) is 0 Å². The van der Waals surface area contributed by atoms with Gasteiger partial charge < -0.3 is 19.5 Å². The molecule has 0 atom stereocenters. The summed E-state index contributed by atoms with van der Waals surface area (Å²) in [6.07, 6.45) is 0. The summed E-state index contributed by atoms with van der Waals surface area (Å²) in [4.78, 5) is 14.0. The number of aliphatic hydroxyl groups is 2. The fourth-order valence-corrected chi connectivity index (χ4v) is 2.07. The third kappa shape index (κ3) is 5.75. The summed E-state index contributed by atoms with van der Waals surface area (Å²) in [5.74, 6) is 4.83. The van der Waals surface area contributed by atoms with Crippen molar-refractivity contribution < 1.29 is 23.8 Å². The number of amides is 1. The molecule has 1 aromatic carbocycles. The van der Waals surface area contributed by atoms with Crippen molar-refractivity contribution in [1.82, 2.24) is 4.90 Å². The maximum Gasteiger partial charge on any atom is 0.289 e. The lowest BCUT2D eigenvalue weighted by atomic mass is 10.1. The van der Waals surface area contributed by atoms with Crippen molar-refractivity contribution in [3.63, 3.8) is 0 Å². The number of carbonyl (C=O) groups excluding carboxylic acids is 1. The largest absolute Gasteiger partial charge is 0.443 e. The molecule has 0 aliphatic rings. The highest BCUT2D eigenvalue weighted by Gasteiger charge is 2.19. The highest BCUT2D eigenvalue weighted by Crippen LogP contribution is 2.14. The van der Waals surface area contributed by atoms with E-state index < -0.39 is 11.5 Å². The van der Waals surface area contributed by atoms with Crippen molar-refractivity contribution in [1.29, 1.82) is 0 Å². The van der Waals surface area contributed by atoms with E-state index in [0.29, 0.717) is 0 Å². The number of aliphatic hydroxyl groups excluding tert-OH is 1. The van der Waals surface area contributed by atoms with Crippen molar-refractivity contribution >= 4 is 5.91 Å². The molecule has 0 bridgehead atoms. The molecule has 0 radical (unpaired) electrons. The van der Waals surface area contributed by atoms with E-state index in [9.17, 15) is 19.4 Å². The molecule has 1 heterocycles. The minimum absolute atomic E-state index is 0.0793. The van der Waals surface area contributed by atoms with Gasteiger partial charge >= 0.3 is 0 Å². The van der Waals surface area contributed by atoms with Crippen molar-refractivity contribution in [2.75, 3.05) is 13.2 Å². The minimum Gasteiger partial charge on any atom is -0.443 e. The average molecular weight is 345 g/mol. The van der Waals surface area contributed by atoms with Crippen LogP contribution in [0.25, 0.3) is 0 Å². The first-order chi connectivity index (χ1) is 11.8. The first-order valence-corrected chi connectivity index (χ1v) is 7.78. The van der Waals surface area contributed by atoms with Gasteiger partial charge in [-0.15, -0.1) is 0 Å². The van der Waals surface area contributed by atoms with Crippen LogP contribution in [-0.4, -0.2) is 39.8 Å². The Bertz CT molecular complexity index is 778. The monoisotopic (exact) mass is 345 g/mol. The number of benzene rings is 1. The molecule has 2 aromatic rings. The van der Waals surface area contributed by atoms with Gasteiger partial charge in [-0.2, -0.15) is 0 Å². The quantitative estimate of drug-likeness (QED) is 0.815. The Kier molecular flexibility index (Phi) is 5.97. The van der Waals surface area contributed by atoms with Gasteiger partial charge in [-0.1, -0.05) is 18.1 Å². The molecule has 0 saturated heterocycles.